The third-order valence-electron chi connectivity index (χ3n) is 3.70. The molecule has 2 N–H and O–H groups in total. The third-order valence-corrected chi connectivity index (χ3v) is 4.14. The van der Waals surface area contributed by atoms with E-state index in [9.17, 15) is 4.79 Å². The highest BCUT2D eigenvalue weighted by atomic mass is 79.9. The van der Waals surface area contributed by atoms with Crippen LogP contribution in [0.25, 0.3) is 0 Å². The average molecular weight is 323 g/mol. The van der Waals surface area contributed by atoms with Crippen molar-refractivity contribution < 1.29 is 4.79 Å². The molecule has 1 saturated carbocycles. The van der Waals surface area contributed by atoms with Crippen LogP contribution in [0.5, 0.6) is 0 Å². The molecule has 1 spiro atoms. The molecule has 1 aliphatic heterocycles. The van der Waals surface area contributed by atoms with Gasteiger partial charge < -0.3 is 0 Å². The normalized spacial score (nSPS) is 21.5. The Bertz CT molecular complexity index is 537. The third kappa shape index (κ3) is 2.36. The number of amides is 1. The first-order valence-corrected chi connectivity index (χ1v) is 7.26. The van der Waals surface area contributed by atoms with Crippen LogP contribution in [0.4, 0.5) is 0 Å². The van der Waals surface area contributed by atoms with Crippen LogP contribution in [0.15, 0.2) is 27.9 Å². The number of nitrogens with zero attached hydrogens (tertiary/aromatic N) is 2. The summed E-state index contributed by atoms with van der Waals surface area (Å²) in [7, 11) is 0. The molecular formula is C13H15BrN4O. The summed E-state index contributed by atoms with van der Waals surface area (Å²) >= 11 is 3.40. The van der Waals surface area contributed by atoms with Gasteiger partial charge in [-0.25, -0.2) is 4.99 Å². The summed E-state index contributed by atoms with van der Waals surface area (Å²) in [4.78, 5) is 20.9. The Morgan fingerprint density at radius 3 is 2.68 bits per heavy atom. The monoisotopic (exact) mass is 322 g/mol. The van der Waals surface area contributed by atoms with Gasteiger partial charge in [0, 0.05) is 22.4 Å². The van der Waals surface area contributed by atoms with Crippen molar-refractivity contribution in [3.8, 4) is 0 Å². The van der Waals surface area contributed by atoms with E-state index in [2.05, 4.69) is 31.8 Å². The number of hydrazine groups is 1. The largest absolute Gasteiger partial charge is 0.282 e. The van der Waals surface area contributed by atoms with E-state index in [0.29, 0.717) is 5.84 Å². The molecule has 100 valence electrons. The van der Waals surface area contributed by atoms with E-state index in [4.69, 9.17) is 4.99 Å². The zero-order chi connectivity index (χ0) is 13.3. The van der Waals surface area contributed by atoms with Crippen molar-refractivity contribution in [3.63, 3.8) is 0 Å². The summed E-state index contributed by atoms with van der Waals surface area (Å²) in [6.45, 7) is 0. The quantitative estimate of drug-likeness (QED) is 0.830. The predicted octanol–water partition coefficient (Wildman–Crippen LogP) is 1.93. The van der Waals surface area contributed by atoms with Gasteiger partial charge in [0.05, 0.1) is 0 Å². The highest BCUT2D eigenvalue weighted by molar-refractivity contribution is 9.10. The molecule has 0 aromatic carbocycles. The van der Waals surface area contributed by atoms with Crippen LogP contribution in [0, 0.1) is 0 Å². The molecule has 2 heterocycles. The maximum absolute atomic E-state index is 12.1. The van der Waals surface area contributed by atoms with Crippen LogP contribution in [0.2, 0.25) is 0 Å². The minimum absolute atomic E-state index is 0.0149. The van der Waals surface area contributed by atoms with Crippen LogP contribution in [0.3, 0.4) is 0 Å². The summed E-state index contributed by atoms with van der Waals surface area (Å²) in [6.07, 6.45) is 8.41. The van der Waals surface area contributed by atoms with Crippen molar-refractivity contribution in [1.29, 1.82) is 0 Å². The molecule has 0 saturated heterocycles. The zero-order valence-corrected chi connectivity index (χ0v) is 12.0. The summed E-state index contributed by atoms with van der Waals surface area (Å²) in [6, 6.07) is 1.94. The van der Waals surface area contributed by atoms with Gasteiger partial charge in [-0.1, -0.05) is 19.3 Å². The average Bonchev–Trinajstić information content (AvgIpc) is 2.43. The smallest absolute Gasteiger partial charge is 0.266 e. The first-order chi connectivity index (χ1) is 9.20. The highest BCUT2D eigenvalue weighted by Gasteiger charge is 2.42. The number of hydrogen-bond acceptors (Lipinski definition) is 4. The van der Waals surface area contributed by atoms with Gasteiger partial charge in [-0.3, -0.25) is 20.6 Å². The van der Waals surface area contributed by atoms with Gasteiger partial charge in [-0.2, -0.15) is 0 Å². The molecule has 0 bridgehead atoms. The van der Waals surface area contributed by atoms with Crippen molar-refractivity contribution in [1.82, 2.24) is 15.8 Å². The van der Waals surface area contributed by atoms with Crippen LogP contribution in [-0.4, -0.2) is 22.3 Å². The summed E-state index contributed by atoms with van der Waals surface area (Å²) < 4.78 is 0.893. The van der Waals surface area contributed by atoms with Crippen molar-refractivity contribution in [2.45, 2.75) is 37.6 Å². The number of amidine groups is 1. The van der Waals surface area contributed by atoms with E-state index in [1.54, 1.807) is 12.4 Å². The summed E-state index contributed by atoms with van der Waals surface area (Å²) in [5, 5.41) is 0. The van der Waals surface area contributed by atoms with Crippen molar-refractivity contribution >= 4 is 27.7 Å². The Kier molecular flexibility index (Phi) is 3.26. The van der Waals surface area contributed by atoms with E-state index in [0.717, 1.165) is 35.7 Å². The molecule has 0 atom stereocenters. The second-order valence-corrected chi connectivity index (χ2v) is 5.94. The number of rotatable bonds is 1. The highest BCUT2D eigenvalue weighted by Crippen LogP contribution is 2.33. The number of nitrogens with one attached hydrogen (secondary N) is 2. The Balaban J connectivity index is 1.98. The molecule has 6 heteroatoms. The summed E-state index contributed by atoms with van der Waals surface area (Å²) in [5.74, 6) is 0.675. The fourth-order valence-electron chi connectivity index (χ4n) is 2.68. The second kappa shape index (κ2) is 4.92. The number of carbonyl (C=O) groups is 1. The van der Waals surface area contributed by atoms with Gasteiger partial charge in [-0.15, -0.1) is 0 Å². The van der Waals surface area contributed by atoms with Crippen LogP contribution in [-0.2, 0) is 4.79 Å². The van der Waals surface area contributed by atoms with Crippen LogP contribution >= 0.6 is 15.9 Å². The van der Waals surface area contributed by atoms with E-state index < -0.39 is 5.54 Å². The molecular weight excluding hydrogens is 308 g/mol. The standard InChI is InChI=1S/C13H15BrN4O/c14-10-6-9(7-15-8-10)11-16-13(12(19)18-17-11)4-2-1-3-5-13/h6-8H,1-5H2,(H,16,17)(H,18,19). The van der Waals surface area contributed by atoms with Gasteiger partial charge >= 0.3 is 0 Å². The van der Waals surface area contributed by atoms with Crippen molar-refractivity contribution in [2.24, 2.45) is 4.99 Å². The summed E-state index contributed by atoms with van der Waals surface area (Å²) in [5.41, 5.74) is 5.91. The lowest BCUT2D eigenvalue weighted by molar-refractivity contribution is -0.128. The van der Waals surface area contributed by atoms with Gasteiger partial charge in [0.2, 0.25) is 0 Å². The minimum atomic E-state index is -0.582. The molecule has 19 heavy (non-hydrogen) atoms. The number of halogens is 1. The van der Waals surface area contributed by atoms with E-state index in [-0.39, 0.29) is 5.91 Å². The molecule has 1 aromatic rings. The number of carbonyl (C=O) groups excluding carboxylic acids is 1. The second-order valence-electron chi connectivity index (χ2n) is 5.02. The molecule has 2 aliphatic rings. The van der Waals surface area contributed by atoms with Gasteiger partial charge in [0.1, 0.15) is 11.4 Å². The first-order valence-electron chi connectivity index (χ1n) is 6.47. The Hall–Kier alpha value is -1.43. The van der Waals surface area contributed by atoms with Crippen LogP contribution in [0.1, 0.15) is 37.7 Å². The van der Waals surface area contributed by atoms with Gasteiger partial charge in [0.15, 0.2) is 0 Å². The number of hydrogen-bond donors (Lipinski definition) is 2. The number of aliphatic imine (C=N–C) groups is 1. The predicted molar refractivity (Wildman–Crippen MR) is 75.6 cm³/mol. The molecule has 1 amide bonds. The van der Waals surface area contributed by atoms with Crippen molar-refractivity contribution in [3.05, 3.63) is 28.5 Å². The fourth-order valence-corrected chi connectivity index (χ4v) is 3.04. The fraction of sp³-hybridized carbons (Fsp3) is 0.462. The molecule has 0 radical (unpaired) electrons. The number of pyridine rings is 1. The molecule has 1 fully saturated rings. The lowest BCUT2D eigenvalue weighted by atomic mass is 9.81. The van der Waals surface area contributed by atoms with Crippen molar-refractivity contribution in [2.75, 3.05) is 0 Å². The SMILES string of the molecule is O=C1NNC(c2cncc(Br)c2)=NC12CCCCC2. The van der Waals surface area contributed by atoms with Gasteiger partial charge in [0.25, 0.3) is 5.91 Å². The molecule has 0 unspecified atom stereocenters. The molecule has 1 aromatic heterocycles. The molecule has 3 rings (SSSR count). The number of aromatic nitrogens is 1. The Morgan fingerprint density at radius 2 is 1.95 bits per heavy atom. The maximum atomic E-state index is 12.1. The topological polar surface area (TPSA) is 66.4 Å². The van der Waals surface area contributed by atoms with E-state index in [1.165, 1.54) is 6.42 Å². The maximum Gasteiger partial charge on any atom is 0.266 e. The Labute approximate surface area is 120 Å². The lowest BCUT2D eigenvalue weighted by Gasteiger charge is -2.36. The lowest BCUT2D eigenvalue weighted by Crippen LogP contribution is -2.58. The van der Waals surface area contributed by atoms with E-state index >= 15 is 0 Å². The molecule has 1 aliphatic carbocycles. The molecule has 5 nitrogen and oxygen atoms in total. The Morgan fingerprint density at radius 1 is 1.16 bits per heavy atom. The first kappa shape index (κ1) is 12.6. The van der Waals surface area contributed by atoms with Crippen LogP contribution < -0.4 is 10.9 Å². The zero-order valence-electron chi connectivity index (χ0n) is 10.4. The minimum Gasteiger partial charge on any atom is -0.282 e. The van der Waals surface area contributed by atoms with E-state index in [1.807, 2.05) is 6.07 Å². The van der Waals surface area contributed by atoms with Gasteiger partial charge in [-0.05, 0) is 34.8 Å².